The first-order valence-electron chi connectivity index (χ1n) is 15.2. The summed E-state index contributed by atoms with van der Waals surface area (Å²) >= 11 is 0. The molecule has 1 atom stereocenters. The Kier molecular flexibility index (Phi) is 12.1. The number of non-ortho nitro benzene ring substituents is 1. The minimum absolute atomic E-state index is 0.0196. The summed E-state index contributed by atoms with van der Waals surface area (Å²) < 4.78 is 34.4. The van der Waals surface area contributed by atoms with E-state index in [-0.39, 0.29) is 35.1 Å². The Morgan fingerprint density at radius 2 is 1.53 bits per heavy atom. The van der Waals surface area contributed by atoms with Gasteiger partial charge in [-0.05, 0) is 53.9 Å². The maximum Gasteiger partial charge on any atom is 0.269 e. The molecule has 0 spiro atoms. The molecule has 0 aromatic heterocycles. The number of ether oxygens (including phenoxy) is 1. The summed E-state index contributed by atoms with van der Waals surface area (Å²) in [6.07, 6.45) is 1.78. The SMILES string of the molecule is CCCCNC(=O)[C@H](Cc1ccccc1)N(Cc1cccc(OC)c1)C(=O)CN(c1ccc([N+](=O)[O-])cc1)S(=O)(=O)c1ccccc1. The monoisotopic (exact) mass is 658 g/mol. The van der Waals surface area contributed by atoms with Gasteiger partial charge in [-0.1, -0.05) is 74.0 Å². The van der Waals surface area contributed by atoms with Crippen LogP contribution < -0.4 is 14.4 Å². The van der Waals surface area contributed by atoms with Crippen LogP contribution in [0.5, 0.6) is 5.75 Å². The fourth-order valence-electron chi connectivity index (χ4n) is 5.02. The van der Waals surface area contributed by atoms with Crippen LogP contribution >= 0.6 is 0 Å². The van der Waals surface area contributed by atoms with Gasteiger partial charge in [0.15, 0.2) is 0 Å². The highest BCUT2D eigenvalue weighted by molar-refractivity contribution is 7.92. The number of benzene rings is 4. The Hall–Kier alpha value is -5.23. The largest absolute Gasteiger partial charge is 0.497 e. The highest BCUT2D eigenvalue weighted by atomic mass is 32.2. The summed E-state index contributed by atoms with van der Waals surface area (Å²) in [6.45, 7) is 1.73. The summed E-state index contributed by atoms with van der Waals surface area (Å²) in [7, 11) is -2.80. The topological polar surface area (TPSA) is 139 Å². The van der Waals surface area contributed by atoms with E-state index < -0.39 is 33.4 Å². The van der Waals surface area contributed by atoms with E-state index in [0.29, 0.717) is 17.9 Å². The smallest absolute Gasteiger partial charge is 0.269 e. The number of amides is 2. The van der Waals surface area contributed by atoms with Gasteiger partial charge in [0.05, 0.1) is 22.6 Å². The van der Waals surface area contributed by atoms with Crippen LogP contribution in [0.4, 0.5) is 11.4 Å². The van der Waals surface area contributed by atoms with Crippen molar-refractivity contribution < 1.29 is 27.7 Å². The van der Waals surface area contributed by atoms with Crippen LogP contribution in [0.2, 0.25) is 0 Å². The zero-order valence-corrected chi connectivity index (χ0v) is 27.1. The predicted molar refractivity (Wildman–Crippen MR) is 179 cm³/mol. The number of hydrogen-bond donors (Lipinski definition) is 1. The lowest BCUT2D eigenvalue weighted by Crippen LogP contribution is -2.53. The van der Waals surface area contributed by atoms with Crippen LogP contribution in [0.1, 0.15) is 30.9 Å². The molecule has 0 heterocycles. The third-order valence-electron chi connectivity index (χ3n) is 7.55. The van der Waals surface area contributed by atoms with E-state index in [2.05, 4.69) is 5.32 Å². The molecular weight excluding hydrogens is 620 g/mol. The highest BCUT2D eigenvalue weighted by Crippen LogP contribution is 2.27. The zero-order valence-electron chi connectivity index (χ0n) is 26.3. The molecule has 4 aromatic carbocycles. The Morgan fingerprint density at radius 3 is 2.15 bits per heavy atom. The number of carbonyl (C=O) groups is 2. The summed E-state index contributed by atoms with van der Waals surface area (Å²) in [6, 6.07) is 27.9. The average molecular weight is 659 g/mol. The third kappa shape index (κ3) is 9.17. The van der Waals surface area contributed by atoms with Crippen molar-refractivity contribution in [3.8, 4) is 5.75 Å². The van der Waals surface area contributed by atoms with E-state index in [4.69, 9.17) is 4.74 Å². The molecule has 12 heteroatoms. The molecule has 0 aliphatic heterocycles. The van der Waals surface area contributed by atoms with Crippen molar-refractivity contribution in [3.63, 3.8) is 0 Å². The Bertz CT molecular complexity index is 1750. The van der Waals surface area contributed by atoms with Gasteiger partial charge in [-0.15, -0.1) is 0 Å². The number of methoxy groups -OCH3 is 1. The Labute approximate surface area is 275 Å². The molecule has 0 fully saturated rings. The lowest BCUT2D eigenvalue weighted by Gasteiger charge is -2.34. The standard InChI is InChI=1S/C35H38N4O7S/c1-3-4-22-36-35(41)33(24-27-12-7-5-8-13-27)37(25-28-14-11-15-31(23-28)46-2)34(40)26-38(29-18-20-30(21-19-29)39(42)43)47(44,45)32-16-9-6-10-17-32/h5-21,23,33H,3-4,22,24-26H2,1-2H3,(H,36,41)/t33-/m0/s1. The molecule has 246 valence electrons. The zero-order chi connectivity index (χ0) is 33.8. The van der Waals surface area contributed by atoms with Gasteiger partial charge in [-0.2, -0.15) is 0 Å². The van der Waals surface area contributed by atoms with Crippen LogP contribution in [0.3, 0.4) is 0 Å². The third-order valence-corrected chi connectivity index (χ3v) is 9.33. The molecular formula is C35H38N4O7S. The number of nitrogens with zero attached hydrogens (tertiary/aromatic N) is 3. The molecule has 0 saturated heterocycles. The summed E-state index contributed by atoms with van der Waals surface area (Å²) in [5.74, 6) is -0.454. The molecule has 0 aliphatic rings. The van der Waals surface area contributed by atoms with Crippen LogP contribution in [0.15, 0.2) is 114 Å². The second kappa shape index (κ2) is 16.4. The van der Waals surface area contributed by atoms with Crippen molar-refractivity contribution in [2.45, 2.75) is 43.7 Å². The maximum atomic E-state index is 14.5. The van der Waals surface area contributed by atoms with Gasteiger partial charge < -0.3 is 15.0 Å². The maximum absolute atomic E-state index is 14.5. The molecule has 0 aliphatic carbocycles. The van der Waals surface area contributed by atoms with Crippen LogP contribution in [0.25, 0.3) is 0 Å². The van der Waals surface area contributed by atoms with Crippen molar-refractivity contribution in [2.75, 3.05) is 24.5 Å². The number of sulfonamides is 1. The highest BCUT2D eigenvalue weighted by Gasteiger charge is 2.34. The summed E-state index contributed by atoms with van der Waals surface area (Å²) in [4.78, 5) is 40.4. The van der Waals surface area contributed by atoms with E-state index in [1.165, 1.54) is 48.4 Å². The number of carbonyl (C=O) groups excluding carboxylic acids is 2. The van der Waals surface area contributed by atoms with Crippen molar-refractivity contribution in [2.24, 2.45) is 0 Å². The summed E-state index contributed by atoms with van der Waals surface area (Å²) in [5.41, 5.74) is 1.31. The molecule has 2 amide bonds. The first-order chi connectivity index (χ1) is 22.6. The van der Waals surface area contributed by atoms with Gasteiger partial charge in [-0.3, -0.25) is 24.0 Å². The molecule has 11 nitrogen and oxygen atoms in total. The van der Waals surface area contributed by atoms with Gasteiger partial charge in [0.1, 0.15) is 18.3 Å². The first-order valence-corrected chi connectivity index (χ1v) is 16.6. The molecule has 4 aromatic rings. The molecule has 47 heavy (non-hydrogen) atoms. The van der Waals surface area contributed by atoms with Gasteiger partial charge in [-0.25, -0.2) is 8.42 Å². The van der Waals surface area contributed by atoms with E-state index >= 15 is 0 Å². The number of unbranched alkanes of at least 4 members (excludes halogenated alkanes) is 1. The van der Waals surface area contributed by atoms with Gasteiger partial charge in [0.25, 0.3) is 15.7 Å². The number of rotatable bonds is 16. The lowest BCUT2D eigenvalue weighted by molar-refractivity contribution is -0.384. The Morgan fingerprint density at radius 1 is 0.894 bits per heavy atom. The van der Waals surface area contributed by atoms with Crippen molar-refractivity contribution >= 4 is 33.2 Å². The molecule has 4 rings (SSSR count). The van der Waals surface area contributed by atoms with E-state index in [1.54, 1.807) is 42.5 Å². The quantitative estimate of drug-likeness (QED) is 0.0972. The molecule has 1 N–H and O–H groups in total. The molecule has 0 bridgehead atoms. The molecule has 0 unspecified atom stereocenters. The number of nitrogens with one attached hydrogen (secondary N) is 1. The van der Waals surface area contributed by atoms with Crippen molar-refractivity contribution in [1.82, 2.24) is 10.2 Å². The molecule has 0 radical (unpaired) electrons. The van der Waals surface area contributed by atoms with Crippen LogP contribution in [-0.2, 0) is 32.6 Å². The number of anilines is 1. The van der Waals surface area contributed by atoms with Crippen molar-refractivity contribution in [1.29, 1.82) is 0 Å². The molecule has 0 saturated carbocycles. The predicted octanol–water partition coefficient (Wildman–Crippen LogP) is 5.36. The van der Waals surface area contributed by atoms with E-state index in [0.717, 1.165) is 22.7 Å². The normalized spacial score (nSPS) is 11.7. The lowest BCUT2D eigenvalue weighted by atomic mass is 10.0. The van der Waals surface area contributed by atoms with Crippen LogP contribution in [0, 0.1) is 10.1 Å². The van der Waals surface area contributed by atoms with Crippen molar-refractivity contribution in [3.05, 3.63) is 130 Å². The Balaban J connectivity index is 1.80. The van der Waals surface area contributed by atoms with Gasteiger partial charge in [0.2, 0.25) is 11.8 Å². The minimum atomic E-state index is -4.33. The minimum Gasteiger partial charge on any atom is -0.497 e. The van der Waals surface area contributed by atoms with Crippen LogP contribution in [-0.4, -0.2) is 56.3 Å². The average Bonchev–Trinajstić information content (AvgIpc) is 3.09. The van der Waals surface area contributed by atoms with Gasteiger partial charge in [0, 0.05) is 31.6 Å². The number of hydrogen-bond acceptors (Lipinski definition) is 7. The number of nitro benzene ring substituents is 1. The first kappa shape index (κ1) is 34.6. The van der Waals surface area contributed by atoms with E-state index in [1.807, 2.05) is 37.3 Å². The fourth-order valence-corrected chi connectivity index (χ4v) is 6.45. The summed E-state index contributed by atoms with van der Waals surface area (Å²) in [5, 5.41) is 14.3. The van der Waals surface area contributed by atoms with Gasteiger partial charge >= 0.3 is 0 Å². The number of nitro groups is 1. The second-order valence-electron chi connectivity index (χ2n) is 10.8. The van der Waals surface area contributed by atoms with E-state index in [9.17, 15) is 28.1 Å². The second-order valence-corrected chi connectivity index (χ2v) is 12.7. The fraction of sp³-hybridized carbons (Fsp3) is 0.257.